The zero-order valence-electron chi connectivity index (χ0n) is 62.6. The number of nitrogens with zero attached hydrogens (tertiary/aromatic N) is 7. The number of allylic oxidation sites excluding steroid dienone is 2. The average molecular weight is 1360 g/mol. The summed E-state index contributed by atoms with van der Waals surface area (Å²) in [4.78, 5) is 183. The standard InChI is InChI=1S/C69H124N12O15/c1-26-28-31-44(15)58(83)57-62(87)73-48(27-2)64(89)75(19)37-52(82)79(23)56(47(18)95-32-29-30-33-96-69(94)53(70)41(9)10)61(86)74-54(42(11)12)67(92)76(20)49(34-38(3)4)60(85)71-45(16)59(84)72-46(17)63(88)77(21)50(35-39(5)6)65(90)78(22)51(36-40(7)8)66(91)80(24)55(43(13)14)68(93)81(57)25/h26,28,38-51,53-58,83H,27,29-37,70H2,1-25H3,(H,71,85)(H,72,84)(H,73,87)(H,74,86)/t44-,45+,46-,47-,48+,49+,50+,51+,53+,54+,55+,56+,57+,58-/m1/s1. The van der Waals surface area contributed by atoms with Crippen molar-refractivity contribution >= 4 is 70.9 Å². The van der Waals surface area contributed by atoms with E-state index in [4.69, 9.17) is 15.2 Å². The van der Waals surface area contributed by atoms with Crippen molar-refractivity contribution in [1.29, 1.82) is 0 Å². The Labute approximate surface area is 573 Å². The molecule has 1 rings (SSSR count). The third kappa shape index (κ3) is 25.3. The number of ether oxygens (including phenoxy) is 2. The van der Waals surface area contributed by atoms with Crippen LogP contribution in [0, 0.1) is 41.4 Å². The van der Waals surface area contributed by atoms with Crippen LogP contribution in [0.25, 0.3) is 0 Å². The Hall–Kier alpha value is -6.74. The number of esters is 1. The molecule has 0 saturated carbocycles. The smallest absolute Gasteiger partial charge is 0.323 e. The number of carbonyl (C=O) groups excluding carboxylic acids is 12. The normalized spacial score (nSPS) is 25.8. The highest BCUT2D eigenvalue weighted by molar-refractivity contribution is 5.99. The van der Waals surface area contributed by atoms with Gasteiger partial charge >= 0.3 is 5.97 Å². The predicted octanol–water partition coefficient (Wildman–Crippen LogP) is 2.93. The lowest BCUT2D eigenvalue weighted by Crippen LogP contribution is -2.63. The fourth-order valence-corrected chi connectivity index (χ4v) is 11.6. The van der Waals surface area contributed by atoms with Gasteiger partial charge in [-0.1, -0.05) is 109 Å². The van der Waals surface area contributed by atoms with E-state index < -0.39 is 174 Å². The van der Waals surface area contributed by atoms with E-state index >= 15 is 14.4 Å². The van der Waals surface area contributed by atoms with Gasteiger partial charge in [0.15, 0.2) is 0 Å². The minimum atomic E-state index is -1.66. The van der Waals surface area contributed by atoms with E-state index in [9.17, 15) is 48.3 Å². The molecule has 0 bridgehead atoms. The molecular weight excluding hydrogens is 1240 g/mol. The SMILES string of the molecule is CC=CC[C@@H](C)[C@@H](O)[C@H]1C(=O)N[C@@H](CC)C(=O)N(C)CC(=O)N(C)[C@@H]([C@@H](C)OCCCCOC(=O)[C@@H](N)C(C)C)C(=O)N[C@@H](C(C)C)C(=O)N(C)[C@@H](CC(C)C)C(=O)N[C@@H](C)C(=O)N[C@H](C)C(=O)N(C)[C@@H](CC(C)C)C(=O)N(C)[C@@H](CC(C)C)C(=O)N(C)[C@@H](C(C)C)C(=O)N1C. The molecule has 0 radical (unpaired) electrons. The molecule has 1 heterocycles. The maximum atomic E-state index is 15.2. The van der Waals surface area contributed by atoms with Gasteiger partial charge in [0.1, 0.15) is 66.5 Å². The number of aliphatic hydroxyl groups is 1. The molecule has 0 aromatic heterocycles. The molecule has 27 heteroatoms. The number of aliphatic hydroxyl groups excluding tert-OH is 1. The van der Waals surface area contributed by atoms with Crippen LogP contribution in [0.15, 0.2) is 12.2 Å². The van der Waals surface area contributed by atoms with Crippen molar-refractivity contribution in [2.75, 3.05) is 69.1 Å². The first-order valence-corrected chi connectivity index (χ1v) is 34.3. The van der Waals surface area contributed by atoms with Gasteiger partial charge in [0, 0.05) is 55.9 Å². The maximum Gasteiger partial charge on any atom is 0.323 e. The highest BCUT2D eigenvalue weighted by atomic mass is 16.5. The Balaban J connectivity index is 4.36. The van der Waals surface area contributed by atoms with Crippen LogP contribution < -0.4 is 27.0 Å². The zero-order chi connectivity index (χ0) is 74.2. The van der Waals surface area contributed by atoms with Crippen LogP contribution in [0.5, 0.6) is 0 Å². The first-order chi connectivity index (χ1) is 44.4. The number of likely N-dealkylation sites (N-methyl/N-ethyl adjacent to an activating group) is 7. The van der Waals surface area contributed by atoms with E-state index in [1.54, 1.807) is 81.4 Å². The van der Waals surface area contributed by atoms with Gasteiger partial charge in [0.25, 0.3) is 0 Å². The molecule has 550 valence electrons. The van der Waals surface area contributed by atoms with Crippen molar-refractivity contribution in [2.24, 2.45) is 47.2 Å². The van der Waals surface area contributed by atoms with Gasteiger partial charge in [-0.15, -0.1) is 0 Å². The molecular formula is C69H124N12O15. The minimum absolute atomic E-state index is 0.0225. The predicted molar refractivity (Wildman–Crippen MR) is 367 cm³/mol. The van der Waals surface area contributed by atoms with Crippen LogP contribution in [-0.4, -0.2) is 258 Å². The van der Waals surface area contributed by atoms with Crippen molar-refractivity contribution in [3.8, 4) is 0 Å². The number of nitrogens with two attached hydrogens (primary N) is 1. The molecule has 1 aliphatic rings. The van der Waals surface area contributed by atoms with Crippen LogP contribution >= 0.6 is 0 Å². The highest BCUT2D eigenvalue weighted by Crippen LogP contribution is 2.26. The van der Waals surface area contributed by atoms with Crippen molar-refractivity contribution < 1.29 is 72.1 Å². The number of rotatable bonds is 22. The second-order valence-electron chi connectivity index (χ2n) is 28.6. The lowest BCUT2D eigenvalue weighted by atomic mass is 9.91. The van der Waals surface area contributed by atoms with Gasteiger partial charge in [0.2, 0.25) is 65.0 Å². The third-order valence-corrected chi connectivity index (χ3v) is 17.9. The maximum absolute atomic E-state index is 15.2. The van der Waals surface area contributed by atoms with Crippen LogP contribution in [0.4, 0.5) is 0 Å². The van der Waals surface area contributed by atoms with Crippen molar-refractivity contribution in [2.45, 2.75) is 248 Å². The lowest BCUT2D eigenvalue weighted by Gasteiger charge is -2.41. The van der Waals surface area contributed by atoms with E-state index in [0.29, 0.717) is 12.8 Å². The first kappa shape index (κ1) is 87.3. The molecule has 0 unspecified atom stereocenters. The fourth-order valence-electron chi connectivity index (χ4n) is 11.6. The Bertz CT molecular complexity index is 2640. The molecule has 1 aliphatic heterocycles. The molecule has 14 atom stereocenters. The summed E-state index contributed by atoms with van der Waals surface area (Å²) in [6.45, 7) is 30.4. The summed E-state index contributed by atoms with van der Waals surface area (Å²) in [5, 5.41) is 23.1. The Morgan fingerprint density at radius 1 is 0.542 bits per heavy atom. The summed E-state index contributed by atoms with van der Waals surface area (Å²) >= 11 is 0. The fraction of sp³-hybridized carbons (Fsp3) is 0.797. The quantitative estimate of drug-likeness (QED) is 0.0516. The van der Waals surface area contributed by atoms with Gasteiger partial charge in [0.05, 0.1) is 25.4 Å². The number of unbranched alkanes of at least 4 members (excludes halogenated alkanes) is 1. The average Bonchev–Trinajstić information content (AvgIpc) is 0.807. The monoisotopic (exact) mass is 1360 g/mol. The van der Waals surface area contributed by atoms with E-state index in [2.05, 4.69) is 21.3 Å². The Morgan fingerprint density at radius 2 is 1.01 bits per heavy atom. The van der Waals surface area contributed by atoms with Crippen LogP contribution in [0.2, 0.25) is 0 Å². The van der Waals surface area contributed by atoms with Gasteiger partial charge in [-0.3, -0.25) is 57.5 Å². The van der Waals surface area contributed by atoms with Gasteiger partial charge in [-0.2, -0.15) is 0 Å². The highest BCUT2D eigenvalue weighted by Gasteiger charge is 2.46. The Morgan fingerprint density at radius 3 is 1.50 bits per heavy atom. The molecule has 1 fully saturated rings. The first-order valence-electron chi connectivity index (χ1n) is 34.3. The molecule has 11 amide bonds. The third-order valence-electron chi connectivity index (χ3n) is 17.9. The van der Waals surface area contributed by atoms with Crippen molar-refractivity contribution in [1.82, 2.24) is 55.6 Å². The van der Waals surface area contributed by atoms with Crippen LogP contribution in [-0.2, 0) is 67.0 Å². The number of carbonyl (C=O) groups is 12. The molecule has 96 heavy (non-hydrogen) atoms. The van der Waals surface area contributed by atoms with E-state index in [0.717, 1.165) is 14.7 Å². The zero-order valence-corrected chi connectivity index (χ0v) is 62.6. The minimum Gasteiger partial charge on any atom is -0.465 e. The number of hydrogen-bond donors (Lipinski definition) is 6. The summed E-state index contributed by atoms with van der Waals surface area (Å²) in [6, 6.07) is -14.0. The molecule has 0 aromatic rings. The number of hydrogen-bond acceptors (Lipinski definition) is 16. The van der Waals surface area contributed by atoms with E-state index in [1.807, 2.05) is 41.5 Å². The lowest BCUT2D eigenvalue weighted by molar-refractivity contribution is -0.157. The number of nitrogens with one attached hydrogen (secondary N) is 4. The van der Waals surface area contributed by atoms with Crippen LogP contribution in [0.3, 0.4) is 0 Å². The van der Waals surface area contributed by atoms with Crippen molar-refractivity contribution in [3.63, 3.8) is 0 Å². The summed E-state index contributed by atoms with van der Waals surface area (Å²) < 4.78 is 11.5. The van der Waals surface area contributed by atoms with Gasteiger partial charge in [-0.05, 0) is 114 Å². The second kappa shape index (κ2) is 40.9. The Kier molecular flexibility index (Phi) is 37.1. The van der Waals surface area contributed by atoms with Gasteiger partial charge < -0.3 is 75.9 Å². The number of amides is 11. The summed E-state index contributed by atoms with van der Waals surface area (Å²) in [7, 11) is 9.69. The summed E-state index contributed by atoms with van der Waals surface area (Å²) in [5.74, 6) is -11.2. The molecule has 27 nitrogen and oxygen atoms in total. The topological polar surface area (TPSA) is 340 Å². The largest absolute Gasteiger partial charge is 0.465 e. The molecule has 0 spiro atoms. The molecule has 0 aliphatic carbocycles. The second-order valence-corrected chi connectivity index (χ2v) is 28.6. The molecule has 1 saturated heterocycles. The summed E-state index contributed by atoms with van der Waals surface area (Å²) in [5.41, 5.74) is 5.95. The van der Waals surface area contributed by atoms with E-state index in [-0.39, 0.29) is 69.0 Å². The molecule has 0 aromatic carbocycles. The van der Waals surface area contributed by atoms with Gasteiger partial charge in [-0.25, -0.2) is 0 Å². The summed E-state index contributed by atoms with van der Waals surface area (Å²) in [6.07, 6.45) is 2.25. The van der Waals surface area contributed by atoms with E-state index in [1.165, 1.54) is 82.8 Å². The van der Waals surface area contributed by atoms with Crippen molar-refractivity contribution in [3.05, 3.63) is 12.2 Å². The van der Waals surface area contributed by atoms with Crippen LogP contribution in [0.1, 0.15) is 170 Å². The molecule has 7 N–H and O–H groups in total.